The molecule has 0 atom stereocenters. The molecule has 2 aromatic heterocycles. The summed E-state index contributed by atoms with van der Waals surface area (Å²) in [5, 5.41) is 0. The Kier molecular flexibility index (Phi) is 3.38. The lowest BCUT2D eigenvalue weighted by molar-refractivity contribution is 0.0996. The topological polar surface area (TPSA) is 82.0 Å². The molecule has 0 aliphatic rings. The molecule has 0 fully saturated rings. The van der Waals surface area contributed by atoms with E-state index in [0.29, 0.717) is 5.56 Å². The average Bonchev–Trinajstić information content (AvgIpc) is 2.93. The smallest absolute Gasteiger partial charge is 0.271 e. The molecular weight excluding hydrogens is 292 g/mol. The van der Waals surface area contributed by atoms with Crippen molar-refractivity contribution < 1.29 is 18.0 Å². The maximum absolute atomic E-state index is 13.8. The van der Waals surface area contributed by atoms with Crippen LogP contribution in [0.5, 0.6) is 0 Å². The fourth-order valence-corrected chi connectivity index (χ4v) is 2.00. The van der Waals surface area contributed by atoms with Gasteiger partial charge in [0.2, 0.25) is 5.89 Å². The molecule has 0 bridgehead atoms. The minimum atomic E-state index is -0.862. The lowest BCUT2D eigenvalue weighted by Gasteiger charge is -1.99. The van der Waals surface area contributed by atoms with E-state index in [4.69, 9.17) is 10.2 Å². The van der Waals surface area contributed by atoms with E-state index in [2.05, 4.69) is 9.97 Å². The highest BCUT2D eigenvalue weighted by Gasteiger charge is 2.23. The van der Waals surface area contributed by atoms with Gasteiger partial charge in [0.25, 0.3) is 5.91 Å². The van der Waals surface area contributed by atoms with Crippen molar-refractivity contribution in [2.24, 2.45) is 5.73 Å². The average molecular weight is 301 g/mol. The third kappa shape index (κ3) is 2.32. The number of pyridine rings is 1. The summed E-state index contributed by atoms with van der Waals surface area (Å²) >= 11 is 0. The molecule has 0 spiro atoms. The van der Waals surface area contributed by atoms with Gasteiger partial charge in [0.15, 0.2) is 11.5 Å². The van der Waals surface area contributed by atoms with Gasteiger partial charge < -0.3 is 10.2 Å². The minimum absolute atomic E-state index is 0.0348. The standard InChI is InChI=1S/C15H9F2N3O2/c16-9-2-1-3-10(17)11(9)15-20-12(14(18)21)13(22-15)8-4-6-19-7-5-8/h1-7H,(H2,18,21). The first-order chi connectivity index (χ1) is 10.6. The van der Waals surface area contributed by atoms with Crippen LogP contribution in [0, 0.1) is 11.6 Å². The molecule has 110 valence electrons. The van der Waals surface area contributed by atoms with Crippen LogP contribution in [0.4, 0.5) is 8.78 Å². The Morgan fingerprint density at radius 1 is 1.09 bits per heavy atom. The maximum Gasteiger partial charge on any atom is 0.271 e. The summed E-state index contributed by atoms with van der Waals surface area (Å²) in [5.41, 5.74) is 5.07. The Balaban J connectivity index is 2.22. The first kappa shape index (κ1) is 13.9. The van der Waals surface area contributed by atoms with Crippen LogP contribution >= 0.6 is 0 Å². The molecule has 0 unspecified atom stereocenters. The highest BCUT2D eigenvalue weighted by atomic mass is 19.1. The molecule has 1 aromatic carbocycles. The summed E-state index contributed by atoms with van der Waals surface area (Å²) in [6.45, 7) is 0. The van der Waals surface area contributed by atoms with E-state index in [1.54, 1.807) is 12.1 Å². The number of primary amides is 1. The number of nitrogens with two attached hydrogens (primary N) is 1. The molecule has 0 saturated carbocycles. The Morgan fingerprint density at radius 2 is 1.73 bits per heavy atom. The largest absolute Gasteiger partial charge is 0.435 e. The van der Waals surface area contributed by atoms with Crippen molar-refractivity contribution in [3.63, 3.8) is 0 Å². The van der Waals surface area contributed by atoms with Crippen molar-refractivity contribution in [1.29, 1.82) is 0 Å². The quantitative estimate of drug-likeness (QED) is 0.806. The molecule has 3 rings (SSSR count). The molecule has 2 N–H and O–H groups in total. The number of oxazole rings is 1. The van der Waals surface area contributed by atoms with E-state index in [-0.39, 0.29) is 17.3 Å². The van der Waals surface area contributed by atoms with Crippen LogP contribution in [0.15, 0.2) is 47.1 Å². The highest BCUT2D eigenvalue weighted by molar-refractivity contribution is 5.97. The second-order valence-electron chi connectivity index (χ2n) is 4.39. The van der Waals surface area contributed by atoms with E-state index in [0.717, 1.165) is 12.1 Å². The molecule has 0 aliphatic heterocycles. The molecule has 3 aromatic rings. The number of amides is 1. The maximum atomic E-state index is 13.8. The number of hydrogen-bond donors (Lipinski definition) is 1. The molecule has 0 saturated heterocycles. The number of halogens is 2. The van der Waals surface area contributed by atoms with Crippen LogP contribution in [-0.2, 0) is 0 Å². The molecular formula is C15H9F2N3O2. The van der Waals surface area contributed by atoms with Gasteiger partial charge in [-0.25, -0.2) is 13.8 Å². The summed E-state index contributed by atoms with van der Waals surface area (Å²) < 4.78 is 33.0. The zero-order valence-corrected chi connectivity index (χ0v) is 11.1. The molecule has 0 radical (unpaired) electrons. The lowest BCUT2D eigenvalue weighted by Crippen LogP contribution is -2.12. The van der Waals surface area contributed by atoms with Crippen molar-refractivity contribution in [2.75, 3.05) is 0 Å². The highest BCUT2D eigenvalue weighted by Crippen LogP contribution is 2.31. The lowest BCUT2D eigenvalue weighted by atomic mass is 10.2. The van der Waals surface area contributed by atoms with Crippen molar-refractivity contribution in [2.45, 2.75) is 0 Å². The second kappa shape index (κ2) is 5.36. The van der Waals surface area contributed by atoms with Crippen LogP contribution in [0.3, 0.4) is 0 Å². The number of carbonyl (C=O) groups excluding carboxylic acids is 1. The molecule has 1 amide bonds. The number of rotatable bonds is 3. The SMILES string of the molecule is NC(=O)c1nc(-c2c(F)cccc2F)oc1-c1ccncc1. The van der Waals surface area contributed by atoms with Gasteiger partial charge in [0.1, 0.15) is 17.2 Å². The van der Waals surface area contributed by atoms with Crippen LogP contribution < -0.4 is 5.73 Å². The first-order valence-electron chi connectivity index (χ1n) is 6.23. The Labute approximate surface area is 123 Å². The fraction of sp³-hybridized carbons (Fsp3) is 0. The van der Waals surface area contributed by atoms with Crippen LogP contribution in [0.1, 0.15) is 10.5 Å². The number of benzene rings is 1. The predicted molar refractivity (Wildman–Crippen MR) is 73.6 cm³/mol. The van der Waals surface area contributed by atoms with Gasteiger partial charge in [-0.15, -0.1) is 0 Å². The number of hydrogen-bond acceptors (Lipinski definition) is 4. The van der Waals surface area contributed by atoms with Gasteiger partial charge in [-0.1, -0.05) is 6.07 Å². The zero-order valence-electron chi connectivity index (χ0n) is 11.1. The van der Waals surface area contributed by atoms with Gasteiger partial charge in [-0.05, 0) is 24.3 Å². The van der Waals surface area contributed by atoms with E-state index in [1.165, 1.54) is 18.5 Å². The number of carbonyl (C=O) groups is 1. The third-order valence-electron chi connectivity index (χ3n) is 2.98. The van der Waals surface area contributed by atoms with Gasteiger partial charge >= 0.3 is 0 Å². The Hall–Kier alpha value is -3.09. The van der Waals surface area contributed by atoms with Gasteiger partial charge in [0.05, 0.1) is 0 Å². The number of aromatic nitrogens is 2. The normalized spacial score (nSPS) is 10.6. The minimum Gasteiger partial charge on any atom is -0.435 e. The summed E-state index contributed by atoms with van der Waals surface area (Å²) in [6.07, 6.45) is 2.96. The van der Waals surface area contributed by atoms with Gasteiger partial charge in [-0.2, -0.15) is 0 Å². The molecule has 0 aliphatic carbocycles. The summed E-state index contributed by atoms with van der Waals surface area (Å²) in [7, 11) is 0. The first-order valence-corrected chi connectivity index (χ1v) is 6.23. The summed E-state index contributed by atoms with van der Waals surface area (Å²) in [4.78, 5) is 19.2. The molecule has 2 heterocycles. The second-order valence-corrected chi connectivity index (χ2v) is 4.39. The Morgan fingerprint density at radius 3 is 2.32 bits per heavy atom. The monoisotopic (exact) mass is 301 g/mol. The van der Waals surface area contributed by atoms with Crippen molar-refractivity contribution in [3.8, 4) is 22.8 Å². The third-order valence-corrected chi connectivity index (χ3v) is 2.98. The van der Waals surface area contributed by atoms with Crippen LogP contribution in [0.25, 0.3) is 22.8 Å². The molecule has 5 nitrogen and oxygen atoms in total. The molecule has 7 heteroatoms. The van der Waals surface area contributed by atoms with Crippen LogP contribution in [0.2, 0.25) is 0 Å². The summed E-state index contributed by atoms with van der Waals surface area (Å²) in [5.74, 6) is -2.88. The van der Waals surface area contributed by atoms with E-state index >= 15 is 0 Å². The van der Waals surface area contributed by atoms with E-state index < -0.39 is 23.1 Å². The van der Waals surface area contributed by atoms with Gasteiger partial charge in [0, 0.05) is 18.0 Å². The van der Waals surface area contributed by atoms with Crippen LogP contribution in [-0.4, -0.2) is 15.9 Å². The molecule has 22 heavy (non-hydrogen) atoms. The van der Waals surface area contributed by atoms with E-state index in [1.807, 2.05) is 0 Å². The number of nitrogens with zero attached hydrogens (tertiary/aromatic N) is 2. The van der Waals surface area contributed by atoms with Crippen molar-refractivity contribution in [3.05, 3.63) is 60.1 Å². The zero-order chi connectivity index (χ0) is 15.7. The van der Waals surface area contributed by atoms with Crippen molar-refractivity contribution in [1.82, 2.24) is 9.97 Å². The summed E-state index contributed by atoms with van der Waals surface area (Å²) in [6, 6.07) is 6.48. The van der Waals surface area contributed by atoms with Crippen molar-refractivity contribution >= 4 is 5.91 Å². The van der Waals surface area contributed by atoms with E-state index in [9.17, 15) is 13.6 Å². The fourth-order valence-electron chi connectivity index (χ4n) is 2.00. The Bertz CT molecular complexity index is 827. The predicted octanol–water partition coefficient (Wildman–Crippen LogP) is 2.78. The van der Waals surface area contributed by atoms with Gasteiger partial charge in [-0.3, -0.25) is 9.78 Å².